The van der Waals surface area contributed by atoms with E-state index in [1.165, 1.54) is 0 Å². The smallest absolute Gasteiger partial charge is 0.123 e. The highest BCUT2D eigenvalue weighted by Gasteiger charge is 2.08. The van der Waals surface area contributed by atoms with E-state index in [1.807, 2.05) is 13.0 Å². The second-order valence-corrected chi connectivity index (χ2v) is 2.93. The van der Waals surface area contributed by atoms with Crippen molar-refractivity contribution in [2.24, 2.45) is 5.73 Å². The van der Waals surface area contributed by atoms with Gasteiger partial charge in [0.2, 0.25) is 0 Å². The van der Waals surface area contributed by atoms with Gasteiger partial charge in [0.1, 0.15) is 5.82 Å². The molecule has 13 heavy (non-hydrogen) atoms. The lowest BCUT2D eigenvalue weighted by molar-refractivity contribution is 0.738. The molecule has 68 valence electrons. The predicted octanol–water partition coefficient (Wildman–Crippen LogP) is 0.886. The van der Waals surface area contributed by atoms with Gasteiger partial charge in [-0.1, -0.05) is 0 Å². The van der Waals surface area contributed by atoms with Crippen molar-refractivity contribution in [1.29, 1.82) is 5.26 Å². The lowest BCUT2D eigenvalue weighted by Crippen LogP contribution is -2.11. The Bertz CT molecular complexity index is 340. The summed E-state index contributed by atoms with van der Waals surface area (Å²) in [6.07, 6.45) is 1.93. The van der Waals surface area contributed by atoms with Crippen molar-refractivity contribution >= 4 is 5.82 Å². The van der Waals surface area contributed by atoms with Crippen LogP contribution in [-0.2, 0) is 0 Å². The lowest BCUT2D eigenvalue weighted by atomic mass is 10.0. The standard InChI is InChI=1S/C9H12N4/c1-6-4-9(12)13-5-7(6)8(11)2-3-10/h4-5,8H,2,11H2,1H3,(H2,12,13). The zero-order valence-electron chi connectivity index (χ0n) is 7.49. The lowest BCUT2D eigenvalue weighted by Gasteiger charge is -2.10. The van der Waals surface area contributed by atoms with Crippen molar-refractivity contribution in [3.05, 3.63) is 23.4 Å². The Hall–Kier alpha value is -1.60. The molecule has 0 radical (unpaired) electrons. The van der Waals surface area contributed by atoms with Gasteiger partial charge >= 0.3 is 0 Å². The van der Waals surface area contributed by atoms with E-state index < -0.39 is 0 Å². The van der Waals surface area contributed by atoms with Gasteiger partial charge < -0.3 is 11.5 Å². The maximum Gasteiger partial charge on any atom is 0.123 e. The SMILES string of the molecule is Cc1cc(N)ncc1C(N)CC#N. The first-order valence-corrected chi connectivity index (χ1v) is 3.99. The average molecular weight is 176 g/mol. The number of hydrogen-bond donors (Lipinski definition) is 2. The van der Waals surface area contributed by atoms with Gasteiger partial charge in [-0.3, -0.25) is 0 Å². The van der Waals surface area contributed by atoms with E-state index in [9.17, 15) is 0 Å². The molecule has 0 fully saturated rings. The molecule has 0 bridgehead atoms. The molecule has 1 rings (SSSR count). The maximum atomic E-state index is 8.47. The van der Waals surface area contributed by atoms with Gasteiger partial charge in [0.05, 0.1) is 12.5 Å². The highest BCUT2D eigenvalue weighted by molar-refractivity contribution is 5.37. The summed E-state index contributed by atoms with van der Waals surface area (Å²) in [6.45, 7) is 1.91. The number of nitrogens with two attached hydrogens (primary N) is 2. The zero-order valence-corrected chi connectivity index (χ0v) is 7.49. The second-order valence-electron chi connectivity index (χ2n) is 2.93. The van der Waals surface area contributed by atoms with Crippen molar-refractivity contribution in [2.45, 2.75) is 19.4 Å². The molecular weight excluding hydrogens is 164 g/mol. The predicted molar refractivity (Wildman–Crippen MR) is 50.5 cm³/mol. The Morgan fingerprint density at radius 3 is 2.92 bits per heavy atom. The number of aryl methyl sites for hydroxylation is 1. The molecule has 0 aromatic carbocycles. The number of rotatable bonds is 2. The van der Waals surface area contributed by atoms with E-state index in [-0.39, 0.29) is 6.04 Å². The molecule has 0 aliphatic heterocycles. The Morgan fingerprint density at radius 1 is 1.69 bits per heavy atom. The summed E-state index contributed by atoms with van der Waals surface area (Å²) >= 11 is 0. The van der Waals surface area contributed by atoms with Gasteiger partial charge in [-0.25, -0.2) is 4.98 Å². The summed E-state index contributed by atoms with van der Waals surface area (Å²) in [5.41, 5.74) is 13.1. The second kappa shape index (κ2) is 3.87. The first-order chi connectivity index (χ1) is 6.15. The van der Waals surface area contributed by atoms with Gasteiger partial charge in [0.25, 0.3) is 0 Å². The molecule has 0 spiro atoms. The van der Waals surface area contributed by atoms with Crippen molar-refractivity contribution < 1.29 is 0 Å². The molecule has 0 saturated carbocycles. The summed E-state index contributed by atoms with van der Waals surface area (Å²) in [7, 11) is 0. The molecule has 4 N–H and O–H groups in total. The molecule has 1 unspecified atom stereocenters. The quantitative estimate of drug-likeness (QED) is 0.700. The van der Waals surface area contributed by atoms with Crippen LogP contribution in [0.4, 0.5) is 5.82 Å². The molecule has 0 aliphatic rings. The minimum Gasteiger partial charge on any atom is -0.384 e. The zero-order chi connectivity index (χ0) is 9.84. The third kappa shape index (κ3) is 2.17. The summed E-state index contributed by atoms with van der Waals surface area (Å²) < 4.78 is 0. The normalized spacial score (nSPS) is 12.1. The molecule has 4 nitrogen and oxygen atoms in total. The number of aromatic nitrogens is 1. The van der Waals surface area contributed by atoms with Gasteiger partial charge in [-0.2, -0.15) is 5.26 Å². The minimum absolute atomic E-state index is 0.266. The van der Waals surface area contributed by atoms with Crippen molar-refractivity contribution in [3.8, 4) is 6.07 Å². The molecule has 0 aliphatic carbocycles. The fourth-order valence-corrected chi connectivity index (χ4v) is 1.18. The van der Waals surface area contributed by atoms with E-state index >= 15 is 0 Å². The van der Waals surface area contributed by atoms with Gasteiger partial charge in [0.15, 0.2) is 0 Å². The number of hydrogen-bond acceptors (Lipinski definition) is 4. The van der Waals surface area contributed by atoms with E-state index in [0.717, 1.165) is 11.1 Å². The largest absolute Gasteiger partial charge is 0.384 e. The molecule has 0 saturated heterocycles. The van der Waals surface area contributed by atoms with Crippen LogP contribution in [0.25, 0.3) is 0 Å². The Balaban J connectivity index is 2.96. The monoisotopic (exact) mass is 176 g/mol. The van der Waals surface area contributed by atoms with Crippen LogP contribution in [0.15, 0.2) is 12.3 Å². The van der Waals surface area contributed by atoms with Crippen LogP contribution in [0.1, 0.15) is 23.6 Å². The van der Waals surface area contributed by atoms with Gasteiger partial charge in [-0.15, -0.1) is 0 Å². The molecule has 1 heterocycles. The topological polar surface area (TPSA) is 88.7 Å². The first-order valence-electron chi connectivity index (χ1n) is 3.99. The van der Waals surface area contributed by atoms with E-state index in [2.05, 4.69) is 4.98 Å². The number of anilines is 1. The fraction of sp³-hybridized carbons (Fsp3) is 0.333. The minimum atomic E-state index is -0.266. The van der Waals surface area contributed by atoms with E-state index in [1.54, 1.807) is 12.3 Å². The van der Waals surface area contributed by atoms with Crippen LogP contribution in [0, 0.1) is 18.3 Å². The summed E-state index contributed by atoms with van der Waals surface area (Å²) in [5, 5.41) is 8.47. The first kappa shape index (κ1) is 9.49. The van der Waals surface area contributed by atoms with Crippen LogP contribution in [-0.4, -0.2) is 4.98 Å². The summed E-state index contributed by atoms with van der Waals surface area (Å²) in [4.78, 5) is 3.93. The third-order valence-electron chi connectivity index (χ3n) is 1.88. The van der Waals surface area contributed by atoms with Crippen LogP contribution in [0.3, 0.4) is 0 Å². The average Bonchev–Trinajstić information content (AvgIpc) is 2.04. The maximum absolute atomic E-state index is 8.47. The van der Waals surface area contributed by atoms with Crippen molar-refractivity contribution in [1.82, 2.24) is 4.98 Å². The van der Waals surface area contributed by atoms with Crippen molar-refractivity contribution in [2.75, 3.05) is 5.73 Å². The molecule has 1 aromatic heterocycles. The number of nitrogens with zero attached hydrogens (tertiary/aromatic N) is 2. The molecule has 1 atom stereocenters. The highest BCUT2D eigenvalue weighted by Crippen LogP contribution is 2.18. The summed E-state index contributed by atoms with van der Waals surface area (Å²) in [5.74, 6) is 0.477. The van der Waals surface area contributed by atoms with Crippen LogP contribution >= 0.6 is 0 Å². The molecule has 1 aromatic rings. The number of pyridine rings is 1. The Kier molecular flexibility index (Phi) is 2.83. The Labute approximate surface area is 77.2 Å². The van der Waals surface area contributed by atoms with E-state index in [0.29, 0.717) is 12.2 Å². The third-order valence-corrected chi connectivity index (χ3v) is 1.88. The summed E-state index contributed by atoms with van der Waals surface area (Å²) in [6, 6.07) is 3.51. The van der Waals surface area contributed by atoms with Crippen molar-refractivity contribution in [3.63, 3.8) is 0 Å². The van der Waals surface area contributed by atoms with Crippen LogP contribution in [0.2, 0.25) is 0 Å². The Morgan fingerprint density at radius 2 is 2.38 bits per heavy atom. The van der Waals surface area contributed by atoms with Gasteiger partial charge in [0, 0.05) is 12.2 Å². The number of nitrogen functional groups attached to an aromatic ring is 1. The number of nitriles is 1. The van der Waals surface area contributed by atoms with E-state index in [4.69, 9.17) is 16.7 Å². The van der Waals surface area contributed by atoms with Crippen LogP contribution < -0.4 is 11.5 Å². The molecular formula is C9H12N4. The van der Waals surface area contributed by atoms with Crippen LogP contribution in [0.5, 0.6) is 0 Å². The highest BCUT2D eigenvalue weighted by atomic mass is 14.8. The van der Waals surface area contributed by atoms with Gasteiger partial charge in [-0.05, 0) is 24.1 Å². The fourth-order valence-electron chi connectivity index (χ4n) is 1.18. The molecule has 0 amide bonds. The molecule has 4 heteroatoms.